The molecule has 3 N–H and O–H groups in total. The normalized spacial score (nSPS) is 27.5. The van der Waals surface area contributed by atoms with Gasteiger partial charge in [-0.15, -0.1) is 0 Å². The highest BCUT2D eigenvalue weighted by atomic mass is 32.1. The summed E-state index contributed by atoms with van der Waals surface area (Å²) in [5.41, 5.74) is 5.57. The fourth-order valence-electron chi connectivity index (χ4n) is 2.12. The summed E-state index contributed by atoms with van der Waals surface area (Å²) in [5.74, 6) is 1.48. The van der Waals surface area contributed by atoms with Crippen LogP contribution in [0.2, 0.25) is 0 Å². The van der Waals surface area contributed by atoms with Crippen molar-refractivity contribution in [1.29, 1.82) is 0 Å². The quantitative estimate of drug-likeness (QED) is 0.790. The van der Waals surface area contributed by atoms with Gasteiger partial charge >= 0.3 is 0 Å². The zero-order valence-electron chi connectivity index (χ0n) is 8.49. The van der Waals surface area contributed by atoms with Crippen molar-refractivity contribution < 1.29 is 0 Å². The summed E-state index contributed by atoms with van der Waals surface area (Å²) < 4.78 is 4.06. The molecule has 1 aromatic heterocycles. The van der Waals surface area contributed by atoms with Crippen molar-refractivity contribution >= 4 is 22.4 Å². The average molecular weight is 211 g/mol. The predicted octanol–water partition coefficient (Wildman–Crippen LogP) is 2.72. The number of hydrogen-bond acceptors (Lipinski definition) is 4. The molecule has 1 fully saturated rings. The summed E-state index contributed by atoms with van der Waals surface area (Å²) in [5, 5.41) is 4.62. The number of nitrogen functional groups attached to an aromatic ring is 1. The Kier molecular flexibility index (Phi) is 2.91. The topological polar surface area (TPSA) is 50.9 Å². The van der Waals surface area contributed by atoms with Crippen LogP contribution in [0.4, 0.5) is 10.8 Å². The minimum atomic E-state index is 0.624. The van der Waals surface area contributed by atoms with Crippen LogP contribution in [-0.4, -0.2) is 10.4 Å². The van der Waals surface area contributed by atoms with Gasteiger partial charge in [0.25, 0.3) is 0 Å². The molecule has 0 aromatic carbocycles. The molecule has 2 atom stereocenters. The van der Waals surface area contributed by atoms with E-state index in [9.17, 15) is 0 Å². The van der Waals surface area contributed by atoms with E-state index in [0.29, 0.717) is 11.9 Å². The van der Waals surface area contributed by atoms with Crippen LogP contribution in [0.1, 0.15) is 32.6 Å². The Bertz CT molecular complexity index is 297. The third kappa shape index (κ3) is 2.38. The number of hydrogen-bond donors (Lipinski definition) is 2. The van der Waals surface area contributed by atoms with Crippen LogP contribution < -0.4 is 11.1 Å². The van der Waals surface area contributed by atoms with Crippen LogP contribution in [0.3, 0.4) is 0 Å². The molecule has 0 radical (unpaired) electrons. The van der Waals surface area contributed by atoms with E-state index in [1.165, 1.54) is 37.2 Å². The average Bonchev–Trinajstić information content (AvgIpc) is 2.51. The smallest absolute Gasteiger partial charge is 0.139 e. The highest BCUT2D eigenvalue weighted by molar-refractivity contribution is 7.10. The van der Waals surface area contributed by atoms with Gasteiger partial charge in [0.1, 0.15) is 10.8 Å². The lowest BCUT2D eigenvalue weighted by Crippen LogP contribution is -2.25. The van der Waals surface area contributed by atoms with Crippen LogP contribution in [0.25, 0.3) is 0 Å². The fourth-order valence-corrected chi connectivity index (χ4v) is 2.77. The number of nitrogens with one attached hydrogen (secondary N) is 1. The molecule has 2 unspecified atom stereocenters. The minimum Gasteiger partial charge on any atom is -0.383 e. The monoisotopic (exact) mass is 211 g/mol. The summed E-state index contributed by atoms with van der Waals surface area (Å²) in [7, 11) is 0. The van der Waals surface area contributed by atoms with Crippen molar-refractivity contribution in [3.8, 4) is 0 Å². The Hall–Kier alpha value is -0.770. The lowest BCUT2D eigenvalue weighted by molar-refractivity contribution is 0.359. The van der Waals surface area contributed by atoms with Crippen molar-refractivity contribution in [1.82, 2.24) is 4.37 Å². The largest absolute Gasteiger partial charge is 0.383 e. The van der Waals surface area contributed by atoms with Crippen LogP contribution in [0.5, 0.6) is 0 Å². The Balaban J connectivity index is 1.90. The molecule has 4 heteroatoms. The third-order valence-electron chi connectivity index (χ3n) is 2.81. The van der Waals surface area contributed by atoms with E-state index in [4.69, 9.17) is 5.73 Å². The van der Waals surface area contributed by atoms with E-state index in [0.717, 1.165) is 10.9 Å². The Morgan fingerprint density at radius 3 is 3.07 bits per heavy atom. The molecule has 1 aliphatic carbocycles. The molecule has 1 aromatic rings. The standard InChI is InChI=1S/C10H17N3S/c1-7-3-2-4-8(5-7)12-10-6-9(11)13-14-10/h6-8,12H,2-5H2,1H3,(H2,11,13). The van der Waals surface area contributed by atoms with Gasteiger partial charge in [-0.1, -0.05) is 19.8 Å². The van der Waals surface area contributed by atoms with Gasteiger partial charge in [-0.25, -0.2) is 0 Å². The van der Waals surface area contributed by atoms with Crippen molar-refractivity contribution in [3.05, 3.63) is 6.07 Å². The fraction of sp³-hybridized carbons (Fsp3) is 0.700. The number of nitrogens with zero attached hydrogens (tertiary/aromatic N) is 1. The first-order valence-corrected chi connectivity index (χ1v) is 6.00. The molecule has 0 bridgehead atoms. The molecular formula is C10H17N3S. The predicted molar refractivity (Wildman–Crippen MR) is 61.6 cm³/mol. The summed E-state index contributed by atoms with van der Waals surface area (Å²) in [6.07, 6.45) is 5.27. The van der Waals surface area contributed by atoms with E-state index in [2.05, 4.69) is 16.6 Å². The van der Waals surface area contributed by atoms with Gasteiger partial charge in [0.2, 0.25) is 0 Å². The summed E-state index contributed by atoms with van der Waals surface area (Å²) in [6, 6.07) is 2.54. The van der Waals surface area contributed by atoms with Crippen LogP contribution in [-0.2, 0) is 0 Å². The van der Waals surface area contributed by atoms with E-state index in [-0.39, 0.29) is 0 Å². The highest BCUT2D eigenvalue weighted by Gasteiger charge is 2.18. The molecule has 0 aliphatic heterocycles. The van der Waals surface area contributed by atoms with Crippen molar-refractivity contribution in [2.24, 2.45) is 5.92 Å². The van der Waals surface area contributed by atoms with Gasteiger partial charge in [-0.05, 0) is 30.3 Å². The highest BCUT2D eigenvalue weighted by Crippen LogP contribution is 2.27. The molecule has 1 aliphatic rings. The van der Waals surface area contributed by atoms with Gasteiger partial charge in [0.05, 0.1) is 0 Å². The van der Waals surface area contributed by atoms with E-state index >= 15 is 0 Å². The minimum absolute atomic E-state index is 0.624. The van der Waals surface area contributed by atoms with Crippen molar-refractivity contribution in [3.63, 3.8) is 0 Å². The zero-order chi connectivity index (χ0) is 9.97. The summed E-state index contributed by atoms with van der Waals surface area (Å²) >= 11 is 1.46. The molecule has 14 heavy (non-hydrogen) atoms. The molecule has 1 saturated carbocycles. The Morgan fingerprint density at radius 1 is 1.57 bits per heavy atom. The third-order valence-corrected chi connectivity index (χ3v) is 3.55. The van der Waals surface area contributed by atoms with Crippen LogP contribution in [0.15, 0.2) is 6.07 Å². The lowest BCUT2D eigenvalue weighted by Gasteiger charge is -2.27. The maximum Gasteiger partial charge on any atom is 0.139 e. The Labute approximate surface area is 88.9 Å². The summed E-state index contributed by atoms with van der Waals surface area (Å²) in [6.45, 7) is 2.33. The summed E-state index contributed by atoms with van der Waals surface area (Å²) in [4.78, 5) is 0. The van der Waals surface area contributed by atoms with Crippen LogP contribution in [0, 0.1) is 5.92 Å². The molecule has 3 nitrogen and oxygen atoms in total. The van der Waals surface area contributed by atoms with Gasteiger partial charge in [0.15, 0.2) is 0 Å². The van der Waals surface area contributed by atoms with E-state index in [1.807, 2.05) is 6.07 Å². The molecule has 1 heterocycles. The zero-order valence-corrected chi connectivity index (χ0v) is 9.31. The second-order valence-electron chi connectivity index (χ2n) is 4.23. The number of anilines is 2. The van der Waals surface area contributed by atoms with Gasteiger partial charge in [-0.3, -0.25) is 0 Å². The molecule has 78 valence electrons. The molecule has 2 rings (SSSR count). The second kappa shape index (κ2) is 4.17. The van der Waals surface area contributed by atoms with E-state index in [1.54, 1.807) is 0 Å². The maximum absolute atomic E-state index is 5.57. The molecule has 0 saturated heterocycles. The van der Waals surface area contributed by atoms with Gasteiger partial charge in [0, 0.05) is 12.1 Å². The Morgan fingerprint density at radius 2 is 2.43 bits per heavy atom. The maximum atomic E-state index is 5.57. The van der Waals surface area contributed by atoms with Gasteiger partial charge < -0.3 is 11.1 Å². The van der Waals surface area contributed by atoms with Gasteiger partial charge in [-0.2, -0.15) is 4.37 Å². The molecule has 0 spiro atoms. The lowest BCUT2D eigenvalue weighted by atomic mass is 9.87. The number of nitrogens with two attached hydrogens (primary N) is 1. The SMILES string of the molecule is CC1CCCC(Nc2cc(N)ns2)C1. The first-order valence-electron chi connectivity index (χ1n) is 5.23. The number of aromatic nitrogens is 1. The second-order valence-corrected chi connectivity index (χ2v) is 5.03. The number of rotatable bonds is 2. The molecular weight excluding hydrogens is 194 g/mol. The first-order chi connectivity index (χ1) is 6.74. The first kappa shape index (κ1) is 9.77. The van der Waals surface area contributed by atoms with Crippen LogP contribution >= 0.6 is 11.5 Å². The van der Waals surface area contributed by atoms with Crippen molar-refractivity contribution in [2.45, 2.75) is 38.6 Å². The molecule has 0 amide bonds. The van der Waals surface area contributed by atoms with E-state index < -0.39 is 0 Å². The van der Waals surface area contributed by atoms with Crippen molar-refractivity contribution in [2.75, 3.05) is 11.1 Å².